The van der Waals surface area contributed by atoms with Crippen molar-refractivity contribution >= 4 is 23.6 Å². The SMILES string of the molecule is CNC(=O)C(NC(=O)[C@H](OC(c1ccccc1)c1ccccn1)[C@H](O)[C@@H](O)[C@@H](OC(c1ccccc1)c1ccccn1)C(=O)N[C@H](C(=O)NC)C(C)C)C(C)C. The van der Waals surface area contributed by atoms with E-state index in [9.17, 15) is 29.4 Å². The average Bonchev–Trinajstić information content (AvgIpc) is 3.22. The molecule has 0 spiro atoms. The molecule has 56 heavy (non-hydrogen) atoms. The number of ether oxygens (including phenoxy) is 2. The Kier molecular flexibility index (Phi) is 16.2. The first kappa shape index (κ1) is 43.2. The van der Waals surface area contributed by atoms with Crippen LogP contribution in [-0.2, 0) is 28.7 Å². The highest BCUT2D eigenvalue weighted by atomic mass is 16.5. The lowest BCUT2D eigenvalue weighted by Gasteiger charge is -2.35. The van der Waals surface area contributed by atoms with E-state index >= 15 is 0 Å². The summed E-state index contributed by atoms with van der Waals surface area (Å²) in [6, 6.07) is 25.8. The number of aromatic nitrogens is 2. The van der Waals surface area contributed by atoms with Crippen LogP contribution in [0.3, 0.4) is 0 Å². The van der Waals surface area contributed by atoms with Crippen LogP contribution in [0.5, 0.6) is 0 Å². The largest absolute Gasteiger partial charge is 0.387 e. The number of aliphatic hydroxyl groups is 2. The molecule has 3 unspecified atom stereocenters. The average molecular weight is 769 g/mol. The standard InChI is InChI=1S/C42H52N6O8/c1-25(2)31(39(51)43-5)47-41(53)37(55-35(27-17-9-7-10-18-27)29-21-13-15-23-45-29)33(49)34(50)38(42(54)48-32(26(3)4)40(52)44-6)56-36(28-19-11-8-12-20-28)30-22-14-16-24-46-30/h7-26,31-38,49-50H,1-6H3,(H,43,51)(H,44,52)(H,47,53)(H,48,54)/t31-,32?,33+,34+,35?,36?,37+,38+/m0/s1. The molecule has 4 amide bonds. The normalized spacial score (nSPS) is 15.7. The number of hydrogen-bond donors (Lipinski definition) is 6. The van der Waals surface area contributed by atoms with Crippen molar-refractivity contribution in [2.75, 3.05) is 14.1 Å². The molecular formula is C42H52N6O8. The molecule has 0 fully saturated rings. The summed E-state index contributed by atoms with van der Waals surface area (Å²) in [6.07, 6.45) is -7.23. The van der Waals surface area contributed by atoms with Crippen LogP contribution in [0.2, 0.25) is 0 Å². The molecule has 298 valence electrons. The van der Waals surface area contributed by atoms with Gasteiger partial charge in [0.05, 0.1) is 11.4 Å². The second kappa shape index (κ2) is 20.9. The predicted molar refractivity (Wildman–Crippen MR) is 208 cm³/mol. The molecule has 0 saturated heterocycles. The van der Waals surface area contributed by atoms with Gasteiger partial charge in [-0.3, -0.25) is 29.1 Å². The first-order chi connectivity index (χ1) is 26.9. The molecule has 2 aromatic heterocycles. The van der Waals surface area contributed by atoms with Crippen LogP contribution in [0.15, 0.2) is 109 Å². The fourth-order valence-electron chi connectivity index (χ4n) is 6.05. The van der Waals surface area contributed by atoms with Crippen molar-refractivity contribution in [3.8, 4) is 0 Å². The first-order valence-corrected chi connectivity index (χ1v) is 18.5. The maximum Gasteiger partial charge on any atom is 0.252 e. The molecule has 2 heterocycles. The van der Waals surface area contributed by atoms with Gasteiger partial charge in [0.15, 0.2) is 12.2 Å². The molecular weight excluding hydrogens is 716 g/mol. The van der Waals surface area contributed by atoms with Gasteiger partial charge in [0.1, 0.15) is 36.5 Å². The van der Waals surface area contributed by atoms with Gasteiger partial charge in [-0.25, -0.2) is 0 Å². The Labute approximate surface area is 327 Å². The van der Waals surface area contributed by atoms with Gasteiger partial charge in [-0.15, -0.1) is 0 Å². The van der Waals surface area contributed by atoms with Crippen molar-refractivity contribution in [3.63, 3.8) is 0 Å². The van der Waals surface area contributed by atoms with Gasteiger partial charge < -0.3 is 41.0 Å². The third-order valence-electron chi connectivity index (χ3n) is 9.16. The van der Waals surface area contributed by atoms with Crippen LogP contribution in [0, 0.1) is 11.8 Å². The van der Waals surface area contributed by atoms with Gasteiger partial charge in [0, 0.05) is 26.5 Å². The fourth-order valence-corrected chi connectivity index (χ4v) is 6.05. The van der Waals surface area contributed by atoms with E-state index in [-0.39, 0.29) is 0 Å². The molecule has 14 heteroatoms. The van der Waals surface area contributed by atoms with E-state index in [4.69, 9.17) is 9.47 Å². The Balaban J connectivity index is 1.85. The lowest BCUT2D eigenvalue weighted by molar-refractivity contribution is -0.177. The van der Waals surface area contributed by atoms with Gasteiger partial charge in [-0.2, -0.15) is 0 Å². The Morgan fingerprint density at radius 1 is 0.518 bits per heavy atom. The van der Waals surface area contributed by atoms with E-state index in [1.807, 2.05) is 0 Å². The van der Waals surface area contributed by atoms with Gasteiger partial charge >= 0.3 is 0 Å². The molecule has 0 radical (unpaired) electrons. The Bertz CT molecular complexity index is 1620. The van der Waals surface area contributed by atoms with Crippen LogP contribution >= 0.6 is 0 Å². The number of hydrogen-bond acceptors (Lipinski definition) is 10. The van der Waals surface area contributed by atoms with Crippen molar-refractivity contribution in [2.24, 2.45) is 11.8 Å². The van der Waals surface area contributed by atoms with Crippen LogP contribution in [-0.4, -0.2) is 94.4 Å². The summed E-state index contributed by atoms with van der Waals surface area (Å²) in [5, 5.41) is 34.8. The number of benzene rings is 2. The van der Waals surface area contributed by atoms with Gasteiger partial charge in [-0.05, 0) is 47.2 Å². The Morgan fingerprint density at radius 2 is 0.857 bits per heavy atom. The molecule has 0 saturated carbocycles. The minimum Gasteiger partial charge on any atom is -0.387 e. The predicted octanol–water partition coefficient (Wildman–Crippen LogP) is 2.62. The summed E-state index contributed by atoms with van der Waals surface area (Å²) in [5.41, 5.74) is 1.88. The topological polar surface area (TPSA) is 201 Å². The molecule has 8 atom stereocenters. The minimum absolute atomic E-state index is 0.375. The number of pyridine rings is 2. The smallest absolute Gasteiger partial charge is 0.252 e. The Hall–Kier alpha value is -5.54. The quantitative estimate of drug-likeness (QED) is 0.0824. The minimum atomic E-state index is -2.17. The summed E-state index contributed by atoms with van der Waals surface area (Å²) < 4.78 is 12.9. The van der Waals surface area contributed by atoms with E-state index in [0.717, 1.165) is 0 Å². The van der Waals surface area contributed by atoms with Gasteiger partial charge in [0.25, 0.3) is 11.8 Å². The molecule has 0 aliphatic rings. The van der Waals surface area contributed by atoms with E-state index in [1.54, 1.807) is 137 Å². The first-order valence-electron chi connectivity index (χ1n) is 18.5. The summed E-state index contributed by atoms with van der Waals surface area (Å²) in [5.74, 6) is -3.70. The van der Waals surface area contributed by atoms with Crippen molar-refractivity contribution in [1.82, 2.24) is 31.2 Å². The van der Waals surface area contributed by atoms with Gasteiger partial charge in [0.2, 0.25) is 11.8 Å². The molecule has 0 bridgehead atoms. The van der Waals surface area contributed by atoms with E-state index in [2.05, 4.69) is 31.2 Å². The van der Waals surface area contributed by atoms with Crippen LogP contribution in [0.25, 0.3) is 0 Å². The number of likely N-dealkylation sites (N-methyl/N-ethyl adjacent to an activating group) is 2. The molecule has 6 N–H and O–H groups in total. The second-order valence-electron chi connectivity index (χ2n) is 13.9. The summed E-state index contributed by atoms with van der Waals surface area (Å²) in [7, 11) is 2.86. The lowest BCUT2D eigenvalue weighted by atomic mass is 9.96. The molecule has 14 nitrogen and oxygen atoms in total. The monoisotopic (exact) mass is 768 g/mol. The zero-order chi connectivity index (χ0) is 40.8. The van der Waals surface area contributed by atoms with Crippen molar-refractivity contribution < 1.29 is 38.9 Å². The molecule has 0 aliphatic heterocycles. The Morgan fingerprint density at radius 3 is 1.14 bits per heavy atom. The maximum absolute atomic E-state index is 14.4. The summed E-state index contributed by atoms with van der Waals surface area (Å²) in [4.78, 5) is 63.4. The number of nitrogens with one attached hydrogen (secondary N) is 4. The van der Waals surface area contributed by atoms with E-state index in [0.29, 0.717) is 22.5 Å². The third kappa shape index (κ3) is 11.3. The van der Waals surface area contributed by atoms with Crippen LogP contribution in [0.4, 0.5) is 0 Å². The number of amides is 4. The lowest BCUT2D eigenvalue weighted by Crippen LogP contribution is -2.60. The number of carbonyl (C=O) groups excluding carboxylic acids is 4. The highest BCUT2D eigenvalue weighted by Crippen LogP contribution is 2.31. The fraction of sp³-hybridized carbons (Fsp3) is 0.381. The highest BCUT2D eigenvalue weighted by Gasteiger charge is 2.45. The highest BCUT2D eigenvalue weighted by molar-refractivity contribution is 5.91. The maximum atomic E-state index is 14.4. The van der Waals surface area contributed by atoms with E-state index < -0.39 is 84.2 Å². The van der Waals surface area contributed by atoms with Crippen molar-refractivity contribution in [2.45, 2.75) is 76.4 Å². The number of nitrogens with zero attached hydrogens (tertiary/aromatic N) is 2. The number of rotatable bonds is 19. The number of aliphatic hydroxyl groups excluding tert-OH is 2. The molecule has 4 rings (SSSR count). The zero-order valence-electron chi connectivity index (χ0n) is 32.4. The van der Waals surface area contributed by atoms with Crippen LogP contribution < -0.4 is 21.3 Å². The zero-order valence-corrected chi connectivity index (χ0v) is 32.4. The second-order valence-corrected chi connectivity index (χ2v) is 13.9. The molecule has 2 aromatic carbocycles. The van der Waals surface area contributed by atoms with Crippen molar-refractivity contribution in [1.29, 1.82) is 0 Å². The van der Waals surface area contributed by atoms with E-state index in [1.165, 1.54) is 14.1 Å². The van der Waals surface area contributed by atoms with Gasteiger partial charge in [-0.1, -0.05) is 100 Å². The third-order valence-corrected chi connectivity index (χ3v) is 9.16. The van der Waals surface area contributed by atoms with Crippen molar-refractivity contribution in [3.05, 3.63) is 132 Å². The number of carbonyl (C=O) groups is 4. The summed E-state index contributed by atoms with van der Waals surface area (Å²) in [6.45, 7) is 6.93. The molecule has 4 aromatic rings. The van der Waals surface area contributed by atoms with Crippen LogP contribution in [0.1, 0.15) is 62.4 Å². The summed E-state index contributed by atoms with van der Waals surface area (Å²) >= 11 is 0. The molecule has 0 aliphatic carbocycles.